The Morgan fingerprint density at radius 1 is 1.67 bits per heavy atom. The molecule has 0 aliphatic carbocycles. The van der Waals surface area contributed by atoms with Gasteiger partial charge in [-0.25, -0.2) is 0 Å². The Morgan fingerprint density at radius 3 is 2.56 bits per heavy atom. The van der Waals surface area contributed by atoms with Crippen LogP contribution in [-0.2, 0) is 9.47 Å². The second-order valence-electron chi connectivity index (χ2n) is 2.02. The Kier molecular flexibility index (Phi) is 1.62. The smallest absolute Gasteiger partial charge is 0.273 e. The van der Waals surface area contributed by atoms with Gasteiger partial charge in [-0.3, -0.25) is 5.73 Å². The average Bonchev–Trinajstić information content (AvgIpc) is 2.10. The number of hydrogen-bond acceptors (Lipinski definition) is 3. The zero-order valence-corrected chi connectivity index (χ0v) is 5.46. The SMILES string of the molecule is C=C1O[C@@H](N)[C@@H](CC)O1. The molecule has 0 radical (unpaired) electrons. The predicted octanol–water partition coefficient (Wildman–Crippen LogP) is 0.568. The molecule has 1 saturated heterocycles. The van der Waals surface area contributed by atoms with Crippen LogP contribution in [0.5, 0.6) is 0 Å². The van der Waals surface area contributed by atoms with Crippen LogP contribution in [0.15, 0.2) is 12.5 Å². The van der Waals surface area contributed by atoms with Crippen LogP contribution in [0.4, 0.5) is 0 Å². The minimum Gasteiger partial charge on any atom is -0.457 e. The molecule has 9 heavy (non-hydrogen) atoms. The third-order valence-electron chi connectivity index (χ3n) is 1.32. The second kappa shape index (κ2) is 2.27. The van der Waals surface area contributed by atoms with Crippen LogP contribution in [0, 0.1) is 0 Å². The summed E-state index contributed by atoms with van der Waals surface area (Å²) in [6.07, 6.45) is 0.542. The standard InChI is InChI=1S/C6H11NO2/c1-3-5-6(7)9-4(2)8-5/h5-6H,2-3,7H2,1H3/t5-,6-/m1/s1. The van der Waals surface area contributed by atoms with Crippen molar-refractivity contribution in [3.63, 3.8) is 0 Å². The second-order valence-corrected chi connectivity index (χ2v) is 2.02. The van der Waals surface area contributed by atoms with E-state index in [4.69, 9.17) is 15.2 Å². The molecule has 1 fully saturated rings. The molecule has 1 aliphatic heterocycles. The lowest BCUT2D eigenvalue weighted by Gasteiger charge is -2.06. The third kappa shape index (κ3) is 1.16. The van der Waals surface area contributed by atoms with E-state index in [0.717, 1.165) is 6.42 Å². The van der Waals surface area contributed by atoms with E-state index in [1.54, 1.807) is 0 Å². The van der Waals surface area contributed by atoms with E-state index in [1.807, 2.05) is 6.92 Å². The maximum atomic E-state index is 5.47. The molecule has 0 aromatic heterocycles. The molecule has 2 N–H and O–H groups in total. The Labute approximate surface area is 54.4 Å². The first kappa shape index (κ1) is 6.42. The van der Waals surface area contributed by atoms with Gasteiger partial charge in [0.1, 0.15) is 0 Å². The van der Waals surface area contributed by atoms with Crippen molar-refractivity contribution in [1.82, 2.24) is 0 Å². The van der Waals surface area contributed by atoms with Gasteiger partial charge in [0, 0.05) is 0 Å². The zero-order valence-electron chi connectivity index (χ0n) is 5.46. The number of hydrogen-bond donors (Lipinski definition) is 1. The summed E-state index contributed by atoms with van der Waals surface area (Å²) in [6, 6.07) is 0. The van der Waals surface area contributed by atoms with Gasteiger partial charge in [-0.1, -0.05) is 6.92 Å². The van der Waals surface area contributed by atoms with Crippen LogP contribution in [0.2, 0.25) is 0 Å². The molecule has 1 heterocycles. The zero-order chi connectivity index (χ0) is 6.85. The highest BCUT2D eigenvalue weighted by molar-refractivity contribution is 4.83. The number of nitrogens with two attached hydrogens (primary N) is 1. The molecule has 2 atom stereocenters. The van der Waals surface area contributed by atoms with Crippen molar-refractivity contribution in [2.75, 3.05) is 0 Å². The normalized spacial score (nSPS) is 33.8. The average molecular weight is 129 g/mol. The molecule has 0 aromatic rings. The van der Waals surface area contributed by atoms with Crippen LogP contribution in [0.25, 0.3) is 0 Å². The lowest BCUT2D eigenvalue weighted by Crippen LogP contribution is -2.30. The first-order valence-corrected chi connectivity index (χ1v) is 3.02. The van der Waals surface area contributed by atoms with E-state index in [0.29, 0.717) is 5.95 Å². The molecule has 0 unspecified atom stereocenters. The highest BCUT2D eigenvalue weighted by Gasteiger charge is 2.27. The molecule has 1 aliphatic rings. The van der Waals surface area contributed by atoms with Crippen LogP contribution < -0.4 is 5.73 Å². The molecular formula is C6H11NO2. The van der Waals surface area contributed by atoms with Crippen LogP contribution in [0.3, 0.4) is 0 Å². The molecule has 0 spiro atoms. The van der Waals surface area contributed by atoms with Crippen LogP contribution in [0.1, 0.15) is 13.3 Å². The van der Waals surface area contributed by atoms with Gasteiger partial charge in [0.25, 0.3) is 5.95 Å². The van der Waals surface area contributed by atoms with Crippen molar-refractivity contribution in [2.45, 2.75) is 25.7 Å². The fraction of sp³-hybridized carbons (Fsp3) is 0.667. The highest BCUT2D eigenvalue weighted by Crippen LogP contribution is 2.18. The molecule has 52 valence electrons. The molecule has 0 bridgehead atoms. The van der Waals surface area contributed by atoms with E-state index in [2.05, 4.69) is 6.58 Å². The summed E-state index contributed by atoms with van der Waals surface area (Å²) in [5.41, 5.74) is 5.47. The van der Waals surface area contributed by atoms with Gasteiger partial charge >= 0.3 is 0 Å². The minimum absolute atomic E-state index is 0.00231. The van der Waals surface area contributed by atoms with Gasteiger partial charge in [0.2, 0.25) is 0 Å². The van der Waals surface area contributed by atoms with E-state index < -0.39 is 0 Å². The first-order valence-electron chi connectivity index (χ1n) is 3.02. The van der Waals surface area contributed by atoms with Gasteiger partial charge in [-0.2, -0.15) is 0 Å². The third-order valence-corrected chi connectivity index (χ3v) is 1.32. The van der Waals surface area contributed by atoms with Crippen LogP contribution >= 0.6 is 0 Å². The quantitative estimate of drug-likeness (QED) is 0.562. The van der Waals surface area contributed by atoms with Gasteiger partial charge in [-0.15, -0.1) is 0 Å². The van der Waals surface area contributed by atoms with Gasteiger partial charge in [0.15, 0.2) is 12.3 Å². The molecule has 3 nitrogen and oxygen atoms in total. The molecule has 3 heteroatoms. The first-order chi connectivity index (χ1) is 4.24. The Bertz CT molecular complexity index is 124. The van der Waals surface area contributed by atoms with Crippen molar-refractivity contribution in [3.05, 3.63) is 12.5 Å². The lowest BCUT2D eigenvalue weighted by molar-refractivity contribution is 0.141. The highest BCUT2D eigenvalue weighted by atomic mass is 16.7. The summed E-state index contributed by atoms with van der Waals surface area (Å²) in [5.74, 6) is 0.342. The molecule has 0 amide bonds. The maximum Gasteiger partial charge on any atom is 0.273 e. The summed E-state index contributed by atoms with van der Waals surface area (Å²) in [5, 5.41) is 0. The topological polar surface area (TPSA) is 44.5 Å². The number of ether oxygens (including phenoxy) is 2. The Morgan fingerprint density at radius 2 is 2.33 bits per heavy atom. The fourth-order valence-electron chi connectivity index (χ4n) is 0.807. The van der Waals surface area contributed by atoms with Crippen LogP contribution in [-0.4, -0.2) is 12.3 Å². The van der Waals surface area contributed by atoms with Crippen molar-refractivity contribution >= 4 is 0 Å². The maximum absolute atomic E-state index is 5.47. The number of rotatable bonds is 1. The van der Waals surface area contributed by atoms with Gasteiger partial charge in [-0.05, 0) is 13.0 Å². The monoisotopic (exact) mass is 129 g/mol. The summed E-state index contributed by atoms with van der Waals surface area (Å²) in [4.78, 5) is 0. The van der Waals surface area contributed by atoms with Gasteiger partial charge < -0.3 is 9.47 Å². The molecule has 1 rings (SSSR count). The largest absolute Gasteiger partial charge is 0.457 e. The molecular weight excluding hydrogens is 118 g/mol. The fourth-order valence-corrected chi connectivity index (χ4v) is 0.807. The molecule has 0 aromatic carbocycles. The summed E-state index contributed by atoms with van der Waals surface area (Å²) < 4.78 is 10.0. The summed E-state index contributed by atoms with van der Waals surface area (Å²) in [7, 11) is 0. The van der Waals surface area contributed by atoms with Crippen molar-refractivity contribution in [2.24, 2.45) is 5.73 Å². The molecule has 0 saturated carbocycles. The van der Waals surface area contributed by atoms with E-state index in [1.165, 1.54) is 0 Å². The minimum atomic E-state index is -0.317. The predicted molar refractivity (Wildman–Crippen MR) is 33.4 cm³/mol. The van der Waals surface area contributed by atoms with Crippen molar-refractivity contribution in [3.8, 4) is 0 Å². The van der Waals surface area contributed by atoms with Gasteiger partial charge in [0.05, 0.1) is 0 Å². The van der Waals surface area contributed by atoms with Crippen molar-refractivity contribution < 1.29 is 9.47 Å². The van der Waals surface area contributed by atoms with E-state index >= 15 is 0 Å². The van der Waals surface area contributed by atoms with E-state index in [-0.39, 0.29) is 12.3 Å². The van der Waals surface area contributed by atoms with Crippen molar-refractivity contribution in [1.29, 1.82) is 0 Å². The summed E-state index contributed by atoms with van der Waals surface area (Å²) in [6.45, 7) is 5.47. The Balaban J connectivity index is 2.47. The lowest BCUT2D eigenvalue weighted by atomic mass is 10.2. The Hall–Kier alpha value is -0.700. The van der Waals surface area contributed by atoms with E-state index in [9.17, 15) is 0 Å². The summed E-state index contributed by atoms with van der Waals surface area (Å²) >= 11 is 0.